The largest absolute Gasteiger partial charge is 0.290 e. The molecule has 0 atom stereocenters. The highest BCUT2D eigenvalue weighted by atomic mass is 35.5. The number of aliphatic imine (C=N–C) groups is 1. The van der Waals surface area contributed by atoms with Crippen LogP contribution in [-0.2, 0) is 4.79 Å². The first kappa shape index (κ1) is 17.3. The zero-order chi connectivity index (χ0) is 17.3. The summed E-state index contributed by atoms with van der Waals surface area (Å²) in [6.07, 6.45) is 4.76. The lowest BCUT2D eigenvalue weighted by Crippen LogP contribution is -2.23. The van der Waals surface area contributed by atoms with E-state index in [0.717, 1.165) is 0 Å². The predicted molar refractivity (Wildman–Crippen MR) is 101 cm³/mol. The van der Waals surface area contributed by atoms with Crippen LogP contribution < -0.4 is 0 Å². The van der Waals surface area contributed by atoms with Crippen LogP contribution in [0.2, 0.25) is 15.1 Å². The molecule has 8 heteroatoms. The van der Waals surface area contributed by atoms with E-state index in [0.29, 0.717) is 36.4 Å². The second-order valence-electron chi connectivity index (χ2n) is 4.83. The van der Waals surface area contributed by atoms with Gasteiger partial charge in [0.1, 0.15) is 0 Å². The smallest absolute Gasteiger partial charge is 0.266 e. The molecule has 1 aromatic heterocycles. The van der Waals surface area contributed by atoms with Crippen molar-refractivity contribution in [1.82, 2.24) is 9.88 Å². The number of halogens is 3. The summed E-state index contributed by atoms with van der Waals surface area (Å²) in [5.74, 6) is -0.181. The molecule has 3 rings (SSSR count). The lowest BCUT2D eigenvalue weighted by Gasteiger charge is -2.07. The van der Waals surface area contributed by atoms with Crippen LogP contribution in [0.3, 0.4) is 0 Å². The van der Waals surface area contributed by atoms with Gasteiger partial charge in [-0.15, -0.1) is 0 Å². The van der Waals surface area contributed by atoms with Crippen LogP contribution in [0.15, 0.2) is 46.6 Å². The van der Waals surface area contributed by atoms with Crippen LogP contribution in [0.1, 0.15) is 5.56 Å². The highest BCUT2D eigenvalue weighted by Crippen LogP contribution is 2.36. The molecule has 1 aromatic carbocycles. The van der Waals surface area contributed by atoms with E-state index in [9.17, 15) is 4.79 Å². The minimum absolute atomic E-state index is 0.181. The zero-order valence-electron chi connectivity index (χ0n) is 12.3. The van der Waals surface area contributed by atoms with Crippen LogP contribution in [-0.4, -0.2) is 28.0 Å². The molecule has 1 saturated heterocycles. The summed E-state index contributed by atoms with van der Waals surface area (Å²) in [6, 6.07) is 6.88. The number of thioether (sulfide) groups is 1. The third kappa shape index (κ3) is 3.44. The first-order valence-electron chi connectivity index (χ1n) is 6.77. The first-order valence-corrected chi connectivity index (χ1v) is 8.72. The van der Waals surface area contributed by atoms with Gasteiger partial charge < -0.3 is 0 Å². The normalized spacial score (nSPS) is 18.0. The van der Waals surface area contributed by atoms with Gasteiger partial charge >= 0.3 is 0 Å². The number of hydrogen-bond donors (Lipinski definition) is 0. The summed E-state index contributed by atoms with van der Waals surface area (Å²) < 4.78 is 0. The Morgan fingerprint density at radius 3 is 2.54 bits per heavy atom. The molecule has 122 valence electrons. The number of amidine groups is 1. The van der Waals surface area contributed by atoms with Crippen LogP contribution in [0.25, 0.3) is 6.08 Å². The SMILES string of the molecule is CN1C(=O)/C(=C/c2c(Cl)cccc2Cl)SC1=Nc1ccncc1Cl. The Morgan fingerprint density at radius 1 is 1.17 bits per heavy atom. The van der Waals surface area contributed by atoms with Crippen molar-refractivity contribution < 1.29 is 4.79 Å². The van der Waals surface area contributed by atoms with Crippen molar-refractivity contribution >= 4 is 69.4 Å². The molecular weight excluding hydrogens is 389 g/mol. The number of aromatic nitrogens is 1. The number of likely N-dealkylation sites (N-methyl/N-ethyl adjacent to an activating group) is 1. The highest BCUT2D eigenvalue weighted by molar-refractivity contribution is 8.18. The van der Waals surface area contributed by atoms with Crippen molar-refractivity contribution in [3.05, 3.63) is 62.2 Å². The van der Waals surface area contributed by atoms with Gasteiger partial charge in [-0.05, 0) is 36.0 Å². The summed E-state index contributed by atoms with van der Waals surface area (Å²) in [6.45, 7) is 0. The third-order valence-corrected chi connectivity index (χ3v) is 5.26. The van der Waals surface area contributed by atoms with Gasteiger partial charge in [0.25, 0.3) is 5.91 Å². The molecule has 0 saturated carbocycles. The molecule has 0 spiro atoms. The van der Waals surface area contributed by atoms with Crippen LogP contribution >= 0.6 is 46.6 Å². The van der Waals surface area contributed by atoms with E-state index in [1.54, 1.807) is 43.6 Å². The average Bonchev–Trinajstić information content (AvgIpc) is 2.81. The van der Waals surface area contributed by atoms with Crippen molar-refractivity contribution in [1.29, 1.82) is 0 Å². The number of pyridine rings is 1. The molecule has 0 aliphatic carbocycles. The molecular formula is C16H10Cl3N3OS. The van der Waals surface area contributed by atoms with Crippen molar-refractivity contribution in [3.8, 4) is 0 Å². The summed E-state index contributed by atoms with van der Waals surface area (Å²) in [4.78, 5) is 22.7. The number of hydrogen-bond acceptors (Lipinski definition) is 4. The fraction of sp³-hybridized carbons (Fsp3) is 0.0625. The maximum absolute atomic E-state index is 12.4. The van der Waals surface area contributed by atoms with Gasteiger partial charge in [0.05, 0.1) is 15.6 Å². The Bertz CT molecular complexity index is 862. The van der Waals surface area contributed by atoms with Gasteiger partial charge in [0.15, 0.2) is 5.17 Å². The third-order valence-electron chi connectivity index (χ3n) is 3.25. The fourth-order valence-electron chi connectivity index (χ4n) is 1.99. The van der Waals surface area contributed by atoms with Crippen molar-refractivity contribution in [2.45, 2.75) is 0 Å². The minimum atomic E-state index is -0.181. The van der Waals surface area contributed by atoms with Gasteiger partial charge in [0.2, 0.25) is 0 Å². The maximum Gasteiger partial charge on any atom is 0.266 e. The van der Waals surface area contributed by atoms with E-state index in [2.05, 4.69) is 9.98 Å². The van der Waals surface area contributed by atoms with E-state index >= 15 is 0 Å². The fourth-order valence-corrected chi connectivity index (χ4v) is 3.62. The van der Waals surface area contributed by atoms with Gasteiger partial charge in [-0.25, -0.2) is 4.99 Å². The lowest BCUT2D eigenvalue weighted by atomic mass is 10.2. The molecule has 4 nitrogen and oxygen atoms in total. The molecule has 0 bridgehead atoms. The van der Waals surface area contributed by atoms with Crippen LogP contribution in [0.5, 0.6) is 0 Å². The molecule has 24 heavy (non-hydrogen) atoms. The van der Waals surface area contributed by atoms with Gasteiger partial charge in [0, 0.05) is 35.1 Å². The van der Waals surface area contributed by atoms with E-state index in [1.807, 2.05) is 0 Å². The van der Waals surface area contributed by atoms with Crippen LogP contribution in [0.4, 0.5) is 5.69 Å². The zero-order valence-corrected chi connectivity index (χ0v) is 15.4. The molecule has 1 fully saturated rings. The summed E-state index contributed by atoms with van der Waals surface area (Å²) in [5.41, 5.74) is 1.15. The van der Waals surface area contributed by atoms with Crippen molar-refractivity contribution in [3.63, 3.8) is 0 Å². The maximum atomic E-state index is 12.4. The summed E-state index contributed by atoms with van der Waals surface area (Å²) >= 11 is 19.6. The Kier molecular flexibility index (Phi) is 5.15. The molecule has 1 aliphatic heterocycles. The molecule has 1 aliphatic rings. The van der Waals surface area contributed by atoms with E-state index in [-0.39, 0.29) is 5.91 Å². The van der Waals surface area contributed by atoms with Gasteiger partial charge in [-0.2, -0.15) is 0 Å². The minimum Gasteiger partial charge on any atom is -0.290 e. The highest BCUT2D eigenvalue weighted by Gasteiger charge is 2.31. The van der Waals surface area contributed by atoms with Crippen LogP contribution in [0, 0.1) is 0 Å². The molecule has 2 aromatic rings. The Hall–Kier alpha value is -1.53. The number of benzene rings is 1. The first-order chi connectivity index (χ1) is 11.5. The lowest BCUT2D eigenvalue weighted by molar-refractivity contribution is -0.121. The number of nitrogens with zero attached hydrogens (tertiary/aromatic N) is 3. The molecule has 0 radical (unpaired) electrons. The Balaban J connectivity index is 1.98. The Labute approximate surface area is 158 Å². The number of carbonyl (C=O) groups is 1. The average molecular weight is 399 g/mol. The molecule has 0 N–H and O–H groups in total. The van der Waals surface area contributed by atoms with E-state index in [1.165, 1.54) is 22.9 Å². The van der Waals surface area contributed by atoms with Gasteiger partial charge in [-0.3, -0.25) is 14.7 Å². The quantitative estimate of drug-likeness (QED) is 0.647. The monoisotopic (exact) mass is 397 g/mol. The van der Waals surface area contributed by atoms with Crippen molar-refractivity contribution in [2.24, 2.45) is 4.99 Å². The topological polar surface area (TPSA) is 45.6 Å². The number of rotatable bonds is 2. The summed E-state index contributed by atoms with van der Waals surface area (Å²) in [5, 5.41) is 1.89. The molecule has 0 unspecified atom stereocenters. The molecule has 2 heterocycles. The van der Waals surface area contributed by atoms with Crippen molar-refractivity contribution in [2.75, 3.05) is 7.05 Å². The number of amides is 1. The Morgan fingerprint density at radius 2 is 1.88 bits per heavy atom. The second-order valence-corrected chi connectivity index (χ2v) is 7.06. The second kappa shape index (κ2) is 7.15. The predicted octanol–water partition coefficient (Wildman–Crippen LogP) is 5.28. The molecule has 1 amide bonds. The van der Waals surface area contributed by atoms with E-state index in [4.69, 9.17) is 34.8 Å². The standard InChI is InChI=1S/C16H10Cl3N3OS/c1-22-15(23)14(7-9-10(17)3-2-4-11(9)18)24-16(22)21-13-5-6-20-8-12(13)19/h2-8H,1H3/b14-7-,21-16?. The number of carbonyl (C=O) groups excluding carboxylic acids is 1. The van der Waals surface area contributed by atoms with E-state index < -0.39 is 0 Å². The van der Waals surface area contributed by atoms with Gasteiger partial charge in [-0.1, -0.05) is 40.9 Å². The summed E-state index contributed by atoms with van der Waals surface area (Å²) in [7, 11) is 1.65.